The van der Waals surface area contributed by atoms with Crippen LogP contribution in [0.25, 0.3) is 0 Å². The van der Waals surface area contributed by atoms with E-state index in [4.69, 9.17) is 11.6 Å². The molecule has 80 valence electrons. The minimum absolute atomic E-state index is 0.218. The van der Waals surface area contributed by atoms with E-state index in [0.29, 0.717) is 0 Å². The van der Waals surface area contributed by atoms with E-state index in [2.05, 4.69) is 9.68 Å². The molecule has 0 aliphatic carbocycles. The third-order valence-electron chi connectivity index (χ3n) is 1.54. The largest absolute Gasteiger partial charge is 0.370 e. The Hall–Kier alpha value is -0.620. The number of nitrogens with zero attached hydrogens (tertiary/aromatic N) is 1. The van der Waals surface area contributed by atoms with Crippen LogP contribution in [-0.4, -0.2) is 13.6 Å². The van der Waals surface area contributed by atoms with E-state index >= 15 is 0 Å². The van der Waals surface area contributed by atoms with Crippen molar-refractivity contribution in [3.63, 3.8) is 0 Å². The van der Waals surface area contributed by atoms with Crippen LogP contribution in [0.5, 0.6) is 0 Å². The second-order valence-corrected chi connectivity index (χ2v) is 5.44. The van der Waals surface area contributed by atoms with Crippen molar-refractivity contribution in [2.24, 2.45) is 0 Å². The first-order chi connectivity index (χ1) is 6.14. The zero-order valence-corrected chi connectivity index (χ0v) is 9.41. The molecule has 1 heterocycles. The van der Waals surface area contributed by atoms with E-state index in [9.17, 15) is 12.3 Å². The van der Waals surface area contributed by atoms with Crippen molar-refractivity contribution in [1.82, 2.24) is 5.16 Å². The Balaban J connectivity index is 3.37. The maximum Gasteiger partial charge on any atom is 0.370 e. The predicted molar refractivity (Wildman–Crippen MR) is 48.5 cm³/mol. The summed E-state index contributed by atoms with van der Waals surface area (Å²) in [4.78, 5) is 0. The van der Waals surface area contributed by atoms with Crippen molar-refractivity contribution in [2.75, 3.05) is 0 Å². The van der Waals surface area contributed by atoms with Gasteiger partial charge in [-0.2, -0.15) is 8.42 Å². The number of hydrogen-bond acceptors (Lipinski definition) is 4. The maximum atomic E-state index is 12.5. The van der Waals surface area contributed by atoms with Crippen LogP contribution in [0.3, 0.4) is 0 Å². The molecule has 4 nitrogen and oxygen atoms in total. The molecule has 0 bridgehead atoms. The van der Waals surface area contributed by atoms with Gasteiger partial charge in [-0.1, -0.05) is 41.4 Å². The van der Waals surface area contributed by atoms with Gasteiger partial charge in [0.05, 0.1) is 0 Å². The highest BCUT2D eigenvalue weighted by Crippen LogP contribution is 2.33. The first-order valence-corrected chi connectivity index (χ1v) is 5.50. The summed E-state index contributed by atoms with van der Waals surface area (Å²) in [5.41, 5.74) is -0.279. The van der Waals surface area contributed by atoms with Crippen molar-refractivity contribution in [3.05, 3.63) is 10.7 Å². The molecule has 0 aliphatic heterocycles. The molecule has 0 fully saturated rings. The van der Waals surface area contributed by atoms with Crippen molar-refractivity contribution in [1.29, 1.82) is 0 Å². The molecule has 0 atom stereocenters. The van der Waals surface area contributed by atoms with Crippen LogP contribution >= 0.6 is 11.6 Å². The summed E-state index contributed by atoms with van der Waals surface area (Å²) in [7, 11) is -4.93. The average molecular weight is 242 g/mol. The van der Waals surface area contributed by atoms with Crippen molar-refractivity contribution in [2.45, 2.75) is 31.3 Å². The molecule has 1 aromatic rings. The van der Waals surface area contributed by atoms with Gasteiger partial charge in [0.1, 0.15) is 10.7 Å². The Labute approximate surface area is 86.2 Å². The monoisotopic (exact) mass is 241 g/mol. The quantitative estimate of drug-likeness (QED) is 0.708. The molecule has 7 heteroatoms. The molecule has 0 unspecified atom stereocenters. The van der Waals surface area contributed by atoms with Crippen molar-refractivity contribution < 1.29 is 16.8 Å². The zero-order chi connectivity index (χ0) is 11.1. The fraction of sp³-hybridized carbons (Fsp3) is 0.571. The Kier molecular flexibility index (Phi) is 2.62. The van der Waals surface area contributed by atoms with Gasteiger partial charge >= 0.3 is 15.3 Å². The van der Waals surface area contributed by atoms with Crippen molar-refractivity contribution >= 4 is 21.8 Å². The first-order valence-electron chi connectivity index (χ1n) is 3.74. The van der Waals surface area contributed by atoms with Gasteiger partial charge in [-0.05, 0) is 0 Å². The molecule has 1 aromatic heterocycles. The van der Waals surface area contributed by atoms with Gasteiger partial charge in [-0.25, -0.2) is 0 Å². The molecule has 0 amide bonds. The average Bonchev–Trinajstić information content (AvgIpc) is 2.26. The van der Waals surface area contributed by atoms with Crippen LogP contribution in [0.4, 0.5) is 3.89 Å². The summed E-state index contributed by atoms with van der Waals surface area (Å²) >= 11 is 5.62. The molecule has 1 rings (SSSR count). The van der Waals surface area contributed by atoms with Crippen LogP contribution in [-0.2, 0) is 15.6 Å². The smallest absolute Gasteiger partial charge is 0.340 e. The van der Waals surface area contributed by atoms with E-state index in [0.717, 1.165) is 0 Å². The summed E-state index contributed by atoms with van der Waals surface area (Å²) in [6.07, 6.45) is 0. The van der Waals surface area contributed by atoms with Gasteiger partial charge in [0.25, 0.3) is 0 Å². The summed E-state index contributed by atoms with van der Waals surface area (Å²) in [5.74, 6) is 0. The molecule has 0 radical (unpaired) electrons. The lowest BCUT2D eigenvalue weighted by Crippen LogP contribution is -2.12. The van der Waals surface area contributed by atoms with Gasteiger partial charge < -0.3 is 4.52 Å². The summed E-state index contributed by atoms with van der Waals surface area (Å²) in [5, 5.41) is 2.21. The van der Waals surface area contributed by atoms with Crippen LogP contribution in [0.15, 0.2) is 9.62 Å². The molecule has 0 spiro atoms. The minimum Gasteiger partial charge on any atom is -0.340 e. The second-order valence-electron chi connectivity index (χ2n) is 3.82. The standard InChI is InChI=1S/C7H9ClFNO3S/c1-7(2,3)5-4(8)6(13-10-5)14(9,11)12/h1-3H3. The number of rotatable bonds is 1. The lowest BCUT2D eigenvalue weighted by atomic mass is 9.92. The van der Waals surface area contributed by atoms with Gasteiger partial charge in [0, 0.05) is 5.41 Å². The molecule has 0 aliphatic rings. The van der Waals surface area contributed by atoms with Crippen LogP contribution < -0.4 is 0 Å². The molecular weight excluding hydrogens is 233 g/mol. The maximum absolute atomic E-state index is 12.5. The minimum atomic E-state index is -4.93. The Morgan fingerprint density at radius 3 is 2.14 bits per heavy atom. The third-order valence-corrected chi connectivity index (χ3v) is 2.72. The topological polar surface area (TPSA) is 60.2 Å². The predicted octanol–water partition coefficient (Wildman–Crippen LogP) is 2.28. The van der Waals surface area contributed by atoms with Crippen LogP contribution in [0.1, 0.15) is 26.5 Å². The van der Waals surface area contributed by atoms with Gasteiger partial charge in [0.2, 0.25) is 0 Å². The third kappa shape index (κ3) is 2.06. The molecule has 0 N–H and O–H groups in total. The number of aromatic nitrogens is 1. The fourth-order valence-corrected chi connectivity index (χ4v) is 1.95. The number of hydrogen-bond donors (Lipinski definition) is 0. The Bertz CT molecular complexity index is 446. The summed E-state index contributed by atoms with van der Waals surface area (Å²) < 4.78 is 37.9. The molecular formula is C7H9ClFNO3S. The van der Waals surface area contributed by atoms with E-state index in [1.54, 1.807) is 20.8 Å². The molecule has 0 saturated carbocycles. The lowest BCUT2D eigenvalue weighted by Gasteiger charge is -2.13. The molecule has 0 aromatic carbocycles. The highest BCUT2D eigenvalue weighted by Gasteiger charge is 2.31. The van der Waals surface area contributed by atoms with E-state index < -0.39 is 20.7 Å². The summed E-state index contributed by atoms with van der Waals surface area (Å²) in [6.45, 7) is 5.27. The van der Waals surface area contributed by atoms with Gasteiger partial charge in [0.15, 0.2) is 0 Å². The fourth-order valence-electron chi connectivity index (χ4n) is 0.882. The van der Waals surface area contributed by atoms with Gasteiger partial charge in [-0.3, -0.25) is 0 Å². The van der Waals surface area contributed by atoms with Crippen LogP contribution in [0.2, 0.25) is 5.02 Å². The SMILES string of the molecule is CC(C)(C)c1noc(S(=O)(=O)F)c1Cl. The Morgan fingerprint density at radius 2 is 1.93 bits per heavy atom. The zero-order valence-electron chi connectivity index (χ0n) is 7.84. The summed E-state index contributed by atoms with van der Waals surface area (Å²) in [6, 6.07) is 0. The van der Waals surface area contributed by atoms with E-state index in [-0.39, 0.29) is 10.7 Å². The van der Waals surface area contributed by atoms with Crippen molar-refractivity contribution in [3.8, 4) is 0 Å². The molecule has 0 saturated heterocycles. The number of halogens is 2. The Morgan fingerprint density at radius 1 is 1.43 bits per heavy atom. The highest BCUT2D eigenvalue weighted by molar-refractivity contribution is 7.86. The normalized spacial score (nSPS) is 13.2. The first kappa shape index (κ1) is 11.5. The van der Waals surface area contributed by atoms with Gasteiger partial charge in [-0.15, -0.1) is 0 Å². The van der Waals surface area contributed by atoms with E-state index in [1.807, 2.05) is 0 Å². The van der Waals surface area contributed by atoms with E-state index in [1.165, 1.54) is 0 Å². The van der Waals surface area contributed by atoms with Crippen LogP contribution in [0, 0.1) is 0 Å². The second kappa shape index (κ2) is 3.20. The lowest BCUT2D eigenvalue weighted by molar-refractivity contribution is 0.321. The molecule has 14 heavy (non-hydrogen) atoms. The highest BCUT2D eigenvalue weighted by atomic mass is 35.5.